The van der Waals surface area contributed by atoms with Gasteiger partial charge in [0.1, 0.15) is 0 Å². The zero-order chi connectivity index (χ0) is 15.7. The fourth-order valence-electron chi connectivity index (χ4n) is 3.04. The number of rotatable bonds is 15. The van der Waals surface area contributed by atoms with E-state index in [9.17, 15) is 0 Å². The predicted octanol–water partition coefficient (Wildman–Crippen LogP) is 4.65. The van der Waals surface area contributed by atoms with Crippen LogP contribution < -0.4 is 0 Å². The lowest BCUT2D eigenvalue weighted by Crippen LogP contribution is -2.32. The van der Waals surface area contributed by atoms with Crippen molar-refractivity contribution >= 4 is 0 Å². The van der Waals surface area contributed by atoms with Gasteiger partial charge in [-0.1, -0.05) is 58.3 Å². The van der Waals surface area contributed by atoms with E-state index in [1.165, 1.54) is 83.7 Å². The van der Waals surface area contributed by atoms with Crippen LogP contribution in [0.25, 0.3) is 0 Å². The molecule has 22 heavy (non-hydrogen) atoms. The van der Waals surface area contributed by atoms with Crippen molar-refractivity contribution in [3.8, 4) is 0 Å². The molecule has 0 atom stereocenters. The molecule has 1 fully saturated rings. The summed E-state index contributed by atoms with van der Waals surface area (Å²) >= 11 is 0. The number of likely N-dealkylation sites (tertiary alicyclic amines) is 1. The van der Waals surface area contributed by atoms with Crippen molar-refractivity contribution in [1.29, 1.82) is 0 Å². The zero-order valence-corrected chi connectivity index (χ0v) is 15.0. The van der Waals surface area contributed by atoms with Crippen LogP contribution in [0.2, 0.25) is 0 Å². The summed E-state index contributed by atoms with van der Waals surface area (Å²) in [5, 5.41) is 0. The van der Waals surface area contributed by atoms with Gasteiger partial charge in [0.05, 0.1) is 19.8 Å². The maximum atomic E-state index is 5.65. The van der Waals surface area contributed by atoms with E-state index in [-0.39, 0.29) is 0 Å². The van der Waals surface area contributed by atoms with Crippen molar-refractivity contribution in [3.63, 3.8) is 0 Å². The standard InChI is InChI=1S/C19H39NO2/c1-2-3-4-5-6-7-8-12-16-21-18-19-22-17-15-20-13-10-9-11-14-20/h2-19H2,1H3. The van der Waals surface area contributed by atoms with E-state index < -0.39 is 0 Å². The molecule has 0 aromatic heterocycles. The topological polar surface area (TPSA) is 21.7 Å². The lowest BCUT2D eigenvalue weighted by atomic mass is 10.1. The maximum Gasteiger partial charge on any atom is 0.0701 e. The van der Waals surface area contributed by atoms with Crippen molar-refractivity contribution in [2.24, 2.45) is 0 Å². The van der Waals surface area contributed by atoms with E-state index in [2.05, 4.69) is 11.8 Å². The predicted molar refractivity (Wildman–Crippen MR) is 94.5 cm³/mol. The van der Waals surface area contributed by atoms with Gasteiger partial charge in [0, 0.05) is 13.2 Å². The van der Waals surface area contributed by atoms with Gasteiger partial charge in [-0.05, 0) is 32.4 Å². The minimum atomic E-state index is 0.755. The molecule has 3 nitrogen and oxygen atoms in total. The quantitative estimate of drug-likeness (QED) is 0.411. The fourth-order valence-corrected chi connectivity index (χ4v) is 3.04. The van der Waals surface area contributed by atoms with E-state index in [4.69, 9.17) is 9.47 Å². The lowest BCUT2D eigenvalue weighted by molar-refractivity contribution is 0.0355. The molecule has 0 aromatic rings. The first kappa shape index (κ1) is 19.9. The molecule has 0 bridgehead atoms. The molecule has 0 saturated carbocycles. The monoisotopic (exact) mass is 313 g/mol. The van der Waals surface area contributed by atoms with Crippen LogP contribution in [-0.4, -0.2) is 51.0 Å². The van der Waals surface area contributed by atoms with Gasteiger partial charge < -0.3 is 14.4 Å². The summed E-state index contributed by atoms with van der Waals surface area (Å²) in [6.07, 6.45) is 15.0. The fraction of sp³-hybridized carbons (Fsp3) is 1.00. The van der Waals surface area contributed by atoms with E-state index >= 15 is 0 Å². The van der Waals surface area contributed by atoms with E-state index in [1.807, 2.05) is 0 Å². The largest absolute Gasteiger partial charge is 0.379 e. The Labute approximate surface area is 138 Å². The van der Waals surface area contributed by atoms with Crippen LogP contribution in [0.3, 0.4) is 0 Å². The van der Waals surface area contributed by atoms with E-state index in [0.717, 1.165) is 33.0 Å². The van der Waals surface area contributed by atoms with Crippen LogP contribution in [0.15, 0.2) is 0 Å². The highest BCUT2D eigenvalue weighted by molar-refractivity contribution is 4.63. The summed E-state index contributed by atoms with van der Waals surface area (Å²) in [7, 11) is 0. The summed E-state index contributed by atoms with van der Waals surface area (Å²) < 4.78 is 11.3. The average molecular weight is 314 g/mol. The normalized spacial score (nSPS) is 16.2. The minimum absolute atomic E-state index is 0.755. The van der Waals surface area contributed by atoms with Crippen molar-refractivity contribution in [1.82, 2.24) is 4.90 Å². The van der Waals surface area contributed by atoms with Crippen molar-refractivity contribution < 1.29 is 9.47 Å². The Kier molecular flexibility index (Phi) is 14.3. The second kappa shape index (κ2) is 15.8. The van der Waals surface area contributed by atoms with Crippen LogP contribution >= 0.6 is 0 Å². The van der Waals surface area contributed by atoms with Crippen LogP contribution in [0.1, 0.15) is 77.6 Å². The summed E-state index contributed by atoms with van der Waals surface area (Å²) in [5.74, 6) is 0. The molecule has 1 heterocycles. The summed E-state index contributed by atoms with van der Waals surface area (Å²) in [6.45, 7) is 9.18. The van der Waals surface area contributed by atoms with Crippen LogP contribution in [0.4, 0.5) is 0 Å². The molecular weight excluding hydrogens is 274 g/mol. The van der Waals surface area contributed by atoms with Gasteiger partial charge in [-0.15, -0.1) is 0 Å². The van der Waals surface area contributed by atoms with E-state index in [1.54, 1.807) is 0 Å². The Hall–Kier alpha value is -0.120. The van der Waals surface area contributed by atoms with Gasteiger partial charge >= 0.3 is 0 Å². The third-order valence-electron chi connectivity index (χ3n) is 4.51. The minimum Gasteiger partial charge on any atom is -0.379 e. The zero-order valence-electron chi connectivity index (χ0n) is 15.0. The van der Waals surface area contributed by atoms with Crippen molar-refractivity contribution in [2.45, 2.75) is 77.6 Å². The highest BCUT2D eigenvalue weighted by Gasteiger charge is 2.08. The van der Waals surface area contributed by atoms with Crippen LogP contribution in [0.5, 0.6) is 0 Å². The third-order valence-corrected chi connectivity index (χ3v) is 4.51. The number of unbranched alkanes of at least 4 members (excludes halogenated alkanes) is 7. The molecule has 132 valence electrons. The molecule has 0 aromatic carbocycles. The Morgan fingerprint density at radius 2 is 1.23 bits per heavy atom. The molecule has 1 rings (SSSR count). The highest BCUT2D eigenvalue weighted by atomic mass is 16.5. The van der Waals surface area contributed by atoms with E-state index in [0.29, 0.717) is 0 Å². The molecule has 3 heteroatoms. The Morgan fingerprint density at radius 1 is 0.636 bits per heavy atom. The maximum absolute atomic E-state index is 5.65. The SMILES string of the molecule is CCCCCCCCCCOCCOCCN1CCCCC1. The third kappa shape index (κ3) is 12.4. The first-order valence-corrected chi connectivity index (χ1v) is 9.81. The second-order valence-electron chi connectivity index (χ2n) is 6.60. The Bertz CT molecular complexity index is 217. The molecular formula is C19H39NO2. The van der Waals surface area contributed by atoms with Crippen LogP contribution in [-0.2, 0) is 9.47 Å². The van der Waals surface area contributed by atoms with Crippen molar-refractivity contribution in [3.05, 3.63) is 0 Å². The molecule has 1 saturated heterocycles. The van der Waals surface area contributed by atoms with Crippen LogP contribution in [0, 0.1) is 0 Å². The molecule has 0 aliphatic carbocycles. The number of ether oxygens (including phenoxy) is 2. The summed E-state index contributed by atoms with van der Waals surface area (Å²) in [6, 6.07) is 0. The molecule has 0 unspecified atom stereocenters. The number of hydrogen-bond acceptors (Lipinski definition) is 3. The second-order valence-corrected chi connectivity index (χ2v) is 6.60. The van der Waals surface area contributed by atoms with Gasteiger partial charge in [0.25, 0.3) is 0 Å². The molecule has 0 amide bonds. The highest BCUT2D eigenvalue weighted by Crippen LogP contribution is 2.08. The number of hydrogen-bond donors (Lipinski definition) is 0. The van der Waals surface area contributed by atoms with Gasteiger partial charge in [-0.3, -0.25) is 0 Å². The van der Waals surface area contributed by atoms with Gasteiger partial charge in [-0.2, -0.15) is 0 Å². The smallest absolute Gasteiger partial charge is 0.0701 e. The average Bonchev–Trinajstić information content (AvgIpc) is 2.56. The Balaban J connectivity index is 1.68. The molecule has 0 spiro atoms. The molecule has 0 N–H and O–H groups in total. The molecule has 1 aliphatic heterocycles. The lowest BCUT2D eigenvalue weighted by Gasteiger charge is -2.26. The number of nitrogens with zero attached hydrogens (tertiary/aromatic N) is 1. The number of piperidine rings is 1. The first-order valence-electron chi connectivity index (χ1n) is 9.81. The van der Waals surface area contributed by atoms with Gasteiger partial charge in [0.2, 0.25) is 0 Å². The van der Waals surface area contributed by atoms with Gasteiger partial charge in [0.15, 0.2) is 0 Å². The molecule has 1 aliphatic rings. The molecule has 0 radical (unpaired) electrons. The summed E-state index contributed by atoms with van der Waals surface area (Å²) in [5.41, 5.74) is 0. The van der Waals surface area contributed by atoms with Gasteiger partial charge in [-0.25, -0.2) is 0 Å². The Morgan fingerprint density at radius 3 is 1.91 bits per heavy atom. The summed E-state index contributed by atoms with van der Waals surface area (Å²) in [4.78, 5) is 2.52. The first-order chi connectivity index (χ1) is 10.9. The van der Waals surface area contributed by atoms with Crippen molar-refractivity contribution in [2.75, 3.05) is 46.1 Å².